The van der Waals surface area contributed by atoms with Crippen LogP contribution in [0.4, 0.5) is 0 Å². The third-order valence-electron chi connectivity index (χ3n) is 4.23. The molecule has 1 amide bonds. The van der Waals surface area contributed by atoms with E-state index in [1.165, 1.54) is 12.8 Å². The maximum atomic E-state index is 11.9. The van der Waals surface area contributed by atoms with E-state index in [1.54, 1.807) is 0 Å². The summed E-state index contributed by atoms with van der Waals surface area (Å²) in [5.74, 6) is 0.632. The Balaban J connectivity index is 1.46. The molecule has 0 radical (unpaired) electrons. The van der Waals surface area contributed by atoms with Crippen LogP contribution < -0.4 is 5.32 Å². The van der Waals surface area contributed by atoms with Crippen LogP contribution in [-0.2, 0) is 4.79 Å². The summed E-state index contributed by atoms with van der Waals surface area (Å²) in [6.45, 7) is 2.17. The molecular weight excluding hydrogens is 216 g/mol. The SMILES string of the molecule is O=C(C1CC1)N1CCC(O)(CNC2CC2)CC1. The van der Waals surface area contributed by atoms with Crippen molar-refractivity contribution in [2.45, 2.75) is 50.2 Å². The number of likely N-dealkylation sites (tertiary alicyclic amines) is 1. The molecule has 0 aromatic rings. The fourth-order valence-corrected chi connectivity index (χ4v) is 2.53. The standard InChI is InChI=1S/C13H22N2O2/c16-12(10-1-2-10)15-7-5-13(17,6-8-15)9-14-11-3-4-11/h10-11,14,17H,1-9H2. The zero-order valence-corrected chi connectivity index (χ0v) is 10.3. The minimum atomic E-state index is -0.580. The van der Waals surface area contributed by atoms with Gasteiger partial charge in [0.05, 0.1) is 5.60 Å². The number of aliphatic hydroxyl groups is 1. The lowest BCUT2D eigenvalue weighted by Crippen LogP contribution is -2.51. The van der Waals surface area contributed by atoms with Gasteiger partial charge in [-0.2, -0.15) is 0 Å². The molecule has 3 aliphatic rings. The zero-order chi connectivity index (χ0) is 11.9. The molecule has 0 unspecified atom stereocenters. The van der Waals surface area contributed by atoms with Crippen molar-refractivity contribution in [3.8, 4) is 0 Å². The van der Waals surface area contributed by atoms with Crippen molar-refractivity contribution < 1.29 is 9.90 Å². The monoisotopic (exact) mass is 238 g/mol. The van der Waals surface area contributed by atoms with E-state index in [2.05, 4.69) is 5.32 Å². The van der Waals surface area contributed by atoms with Crippen molar-refractivity contribution in [1.29, 1.82) is 0 Å². The van der Waals surface area contributed by atoms with E-state index >= 15 is 0 Å². The van der Waals surface area contributed by atoms with Crippen LogP contribution in [0.1, 0.15) is 38.5 Å². The number of carbonyl (C=O) groups excluding carboxylic acids is 1. The van der Waals surface area contributed by atoms with E-state index in [-0.39, 0.29) is 0 Å². The lowest BCUT2D eigenvalue weighted by atomic mass is 9.91. The van der Waals surface area contributed by atoms with E-state index < -0.39 is 5.60 Å². The number of amides is 1. The molecule has 0 spiro atoms. The van der Waals surface area contributed by atoms with Crippen molar-refractivity contribution in [1.82, 2.24) is 10.2 Å². The summed E-state index contributed by atoms with van der Waals surface area (Å²) in [4.78, 5) is 13.8. The highest BCUT2D eigenvalue weighted by Gasteiger charge is 2.39. The second-order valence-corrected chi connectivity index (χ2v) is 5.98. The second-order valence-electron chi connectivity index (χ2n) is 5.98. The van der Waals surface area contributed by atoms with Crippen LogP contribution in [0.15, 0.2) is 0 Å². The van der Waals surface area contributed by atoms with Crippen LogP contribution in [0.3, 0.4) is 0 Å². The third-order valence-corrected chi connectivity index (χ3v) is 4.23. The highest BCUT2D eigenvalue weighted by Crippen LogP contribution is 2.33. The van der Waals surface area contributed by atoms with E-state index in [1.807, 2.05) is 4.90 Å². The van der Waals surface area contributed by atoms with Crippen LogP contribution in [0, 0.1) is 5.92 Å². The fourth-order valence-electron chi connectivity index (χ4n) is 2.53. The Labute approximate surface area is 102 Å². The highest BCUT2D eigenvalue weighted by atomic mass is 16.3. The molecule has 4 heteroatoms. The maximum absolute atomic E-state index is 11.9. The Hall–Kier alpha value is -0.610. The normalized spacial score (nSPS) is 28.2. The van der Waals surface area contributed by atoms with Crippen LogP contribution in [0.2, 0.25) is 0 Å². The Morgan fingerprint density at radius 2 is 1.88 bits per heavy atom. The minimum Gasteiger partial charge on any atom is -0.388 e. The van der Waals surface area contributed by atoms with Gasteiger partial charge in [0.1, 0.15) is 0 Å². The molecule has 4 nitrogen and oxygen atoms in total. The molecule has 3 rings (SSSR count). The number of rotatable bonds is 4. The Bertz CT molecular complexity index is 303. The number of hydrogen-bond donors (Lipinski definition) is 2. The molecule has 1 aliphatic heterocycles. The first-order chi connectivity index (χ1) is 8.16. The summed E-state index contributed by atoms with van der Waals surface area (Å²) in [7, 11) is 0. The van der Waals surface area contributed by atoms with Gasteiger partial charge in [-0.25, -0.2) is 0 Å². The third kappa shape index (κ3) is 2.80. The number of carbonyl (C=O) groups is 1. The zero-order valence-electron chi connectivity index (χ0n) is 10.3. The largest absolute Gasteiger partial charge is 0.388 e. The van der Waals surface area contributed by atoms with Gasteiger partial charge in [-0.05, 0) is 38.5 Å². The lowest BCUT2D eigenvalue weighted by Gasteiger charge is -2.38. The Morgan fingerprint density at radius 3 is 2.41 bits per heavy atom. The smallest absolute Gasteiger partial charge is 0.225 e. The van der Waals surface area contributed by atoms with Crippen molar-refractivity contribution in [2.24, 2.45) is 5.92 Å². The average molecular weight is 238 g/mol. The average Bonchev–Trinajstić information content (AvgIpc) is 3.18. The van der Waals surface area contributed by atoms with Gasteiger partial charge in [-0.15, -0.1) is 0 Å². The van der Waals surface area contributed by atoms with Gasteiger partial charge in [0.2, 0.25) is 5.91 Å². The number of nitrogens with zero attached hydrogens (tertiary/aromatic N) is 1. The quantitative estimate of drug-likeness (QED) is 0.750. The summed E-state index contributed by atoms with van der Waals surface area (Å²) < 4.78 is 0. The Kier molecular flexibility index (Phi) is 2.87. The number of nitrogens with one attached hydrogen (secondary N) is 1. The molecule has 96 valence electrons. The topological polar surface area (TPSA) is 52.6 Å². The molecule has 2 N–H and O–H groups in total. The summed E-state index contributed by atoms with van der Waals surface area (Å²) in [6, 6.07) is 0.644. The summed E-state index contributed by atoms with van der Waals surface area (Å²) in [5.41, 5.74) is -0.580. The fraction of sp³-hybridized carbons (Fsp3) is 0.923. The second kappa shape index (κ2) is 4.25. The predicted octanol–water partition coefficient (Wildman–Crippen LogP) is 0.502. The maximum Gasteiger partial charge on any atom is 0.225 e. The van der Waals surface area contributed by atoms with Crippen molar-refractivity contribution in [3.63, 3.8) is 0 Å². The molecule has 17 heavy (non-hydrogen) atoms. The molecule has 0 aromatic heterocycles. The summed E-state index contributed by atoms with van der Waals surface area (Å²) >= 11 is 0. The Morgan fingerprint density at radius 1 is 1.24 bits per heavy atom. The molecule has 1 saturated heterocycles. The van der Waals surface area contributed by atoms with Gasteiger partial charge in [-0.1, -0.05) is 0 Å². The van der Waals surface area contributed by atoms with Crippen LogP contribution in [0.5, 0.6) is 0 Å². The molecular formula is C13H22N2O2. The summed E-state index contributed by atoms with van der Waals surface area (Å²) in [6.07, 6.45) is 6.10. The first-order valence-electron chi connectivity index (χ1n) is 6.91. The molecule has 0 bridgehead atoms. The van der Waals surface area contributed by atoms with Gasteiger partial charge in [0.15, 0.2) is 0 Å². The van der Waals surface area contributed by atoms with Crippen molar-refractivity contribution in [2.75, 3.05) is 19.6 Å². The first-order valence-corrected chi connectivity index (χ1v) is 6.91. The number of hydrogen-bond acceptors (Lipinski definition) is 3. The highest BCUT2D eigenvalue weighted by molar-refractivity contribution is 5.81. The minimum absolute atomic E-state index is 0.311. The first kappa shape index (κ1) is 11.5. The molecule has 2 saturated carbocycles. The van der Waals surface area contributed by atoms with E-state index in [4.69, 9.17) is 0 Å². The van der Waals surface area contributed by atoms with Gasteiger partial charge in [0.25, 0.3) is 0 Å². The van der Waals surface area contributed by atoms with Crippen LogP contribution in [0.25, 0.3) is 0 Å². The van der Waals surface area contributed by atoms with Gasteiger partial charge >= 0.3 is 0 Å². The van der Waals surface area contributed by atoms with E-state index in [9.17, 15) is 9.90 Å². The van der Waals surface area contributed by atoms with Gasteiger partial charge in [0, 0.05) is 31.6 Å². The molecule has 0 aromatic carbocycles. The lowest BCUT2D eigenvalue weighted by molar-refractivity contribution is -0.136. The number of piperidine rings is 1. The summed E-state index contributed by atoms with van der Waals surface area (Å²) in [5, 5.41) is 13.8. The molecule has 3 fully saturated rings. The predicted molar refractivity (Wildman–Crippen MR) is 64.5 cm³/mol. The van der Waals surface area contributed by atoms with E-state index in [0.717, 1.165) is 38.8 Å². The van der Waals surface area contributed by atoms with E-state index in [0.29, 0.717) is 24.4 Å². The molecule has 2 aliphatic carbocycles. The van der Waals surface area contributed by atoms with Crippen LogP contribution in [-0.4, -0.2) is 47.2 Å². The molecule has 0 atom stereocenters. The molecule has 1 heterocycles. The van der Waals surface area contributed by atoms with Gasteiger partial charge < -0.3 is 15.3 Å². The van der Waals surface area contributed by atoms with Gasteiger partial charge in [-0.3, -0.25) is 4.79 Å². The van der Waals surface area contributed by atoms with Crippen molar-refractivity contribution >= 4 is 5.91 Å². The van der Waals surface area contributed by atoms with Crippen LogP contribution >= 0.6 is 0 Å². The van der Waals surface area contributed by atoms with Crippen molar-refractivity contribution in [3.05, 3.63) is 0 Å².